The second-order valence-electron chi connectivity index (χ2n) is 6.95. The minimum absolute atomic E-state index is 0.00351. The number of aryl methyl sites for hydroxylation is 2. The number of hydrogen-bond donors (Lipinski definition) is 0. The third-order valence-electron chi connectivity index (χ3n) is 4.82. The summed E-state index contributed by atoms with van der Waals surface area (Å²) in [6.07, 6.45) is 0.0798. The zero-order chi connectivity index (χ0) is 19.8. The van der Waals surface area contributed by atoms with Crippen LogP contribution in [0.5, 0.6) is 0 Å². The van der Waals surface area contributed by atoms with Gasteiger partial charge in [0.2, 0.25) is 0 Å². The predicted molar refractivity (Wildman–Crippen MR) is 113 cm³/mol. The molecule has 1 aliphatic heterocycles. The number of nitrogens with zero attached hydrogens (tertiary/aromatic N) is 3. The van der Waals surface area contributed by atoms with Crippen LogP contribution in [0.15, 0.2) is 16.8 Å². The van der Waals surface area contributed by atoms with E-state index in [9.17, 15) is 4.79 Å². The number of rotatable bonds is 4. The van der Waals surface area contributed by atoms with E-state index in [-0.39, 0.29) is 18.2 Å². The molecule has 3 aromatic rings. The van der Waals surface area contributed by atoms with E-state index >= 15 is 0 Å². The van der Waals surface area contributed by atoms with Gasteiger partial charge >= 0.3 is 5.97 Å². The molecule has 0 spiro atoms. The van der Waals surface area contributed by atoms with E-state index in [0.717, 1.165) is 34.7 Å². The van der Waals surface area contributed by atoms with Crippen molar-refractivity contribution in [2.24, 2.45) is 0 Å². The van der Waals surface area contributed by atoms with Crippen LogP contribution in [0.25, 0.3) is 10.2 Å². The summed E-state index contributed by atoms with van der Waals surface area (Å²) in [6.45, 7) is 9.56. The van der Waals surface area contributed by atoms with Gasteiger partial charge in [-0.15, -0.1) is 11.3 Å². The molecule has 4 heterocycles. The highest BCUT2D eigenvalue weighted by atomic mass is 32.1. The zero-order valence-electron chi connectivity index (χ0n) is 16.4. The van der Waals surface area contributed by atoms with Crippen molar-refractivity contribution in [2.75, 3.05) is 24.6 Å². The number of aromatic nitrogens is 2. The normalized spacial score (nSPS) is 19.9. The molecule has 3 aromatic heterocycles. The number of fused-ring (bicyclic) bond motifs is 1. The number of carbonyl (C=O) groups is 1. The summed E-state index contributed by atoms with van der Waals surface area (Å²) in [4.78, 5) is 25.4. The van der Waals surface area contributed by atoms with Gasteiger partial charge in [-0.25, -0.2) is 14.8 Å². The lowest BCUT2D eigenvalue weighted by molar-refractivity contribution is -0.0173. The van der Waals surface area contributed by atoms with Gasteiger partial charge in [-0.2, -0.15) is 11.3 Å². The van der Waals surface area contributed by atoms with Crippen molar-refractivity contribution in [2.45, 2.75) is 39.9 Å². The van der Waals surface area contributed by atoms with Crippen molar-refractivity contribution in [3.8, 4) is 0 Å². The van der Waals surface area contributed by atoms with Crippen LogP contribution in [-0.2, 0) is 9.47 Å². The van der Waals surface area contributed by atoms with Gasteiger partial charge in [-0.05, 0) is 55.6 Å². The molecule has 2 unspecified atom stereocenters. The molecule has 0 aliphatic carbocycles. The Bertz CT molecular complexity index is 1000. The Hall–Kier alpha value is -2.03. The minimum atomic E-state index is -0.293. The first kappa shape index (κ1) is 19.3. The summed E-state index contributed by atoms with van der Waals surface area (Å²) in [5.41, 5.74) is 2.08. The number of carbonyl (C=O) groups excluding carboxylic acids is 1. The summed E-state index contributed by atoms with van der Waals surface area (Å²) in [5, 5.41) is 5.15. The van der Waals surface area contributed by atoms with Gasteiger partial charge in [0.1, 0.15) is 27.5 Å². The molecule has 1 aliphatic rings. The molecule has 8 heteroatoms. The molecule has 148 valence electrons. The molecule has 0 aromatic carbocycles. The van der Waals surface area contributed by atoms with Gasteiger partial charge in [-0.1, -0.05) is 0 Å². The molecule has 0 amide bonds. The average Bonchev–Trinajstić information content (AvgIpc) is 3.29. The van der Waals surface area contributed by atoms with Crippen molar-refractivity contribution >= 4 is 44.7 Å². The topological polar surface area (TPSA) is 64.5 Å². The van der Waals surface area contributed by atoms with E-state index in [2.05, 4.69) is 33.6 Å². The highest BCUT2D eigenvalue weighted by Crippen LogP contribution is 2.38. The number of morpholine rings is 1. The van der Waals surface area contributed by atoms with Gasteiger partial charge in [0, 0.05) is 13.1 Å². The first-order valence-corrected chi connectivity index (χ1v) is 11.1. The highest BCUT2D eigenvalue weighted by Gasteiger charge is 2.30. The summed E-state index contributed by atoms with van der Waals surface area (Å²) < 4.78 is 11.4. The van der Waals surface area contributed by atoms with E-state index in [1.165, 1.54) is 16.9 Å². The monoisotopic (exact) mass is 417 g/mol. The summed E-state index contributed by atoms with van der Waals surface area (Å²) in [7, 11) is 0. The number of esters is 1. The quantitative estimate of drug-likeness (QED) is 0.582. The fourth-order valence-electron chi connectivity index (χ4n) is 3.61. The van der Waals surface area contributed by atoms with Crippen molar-refractivity contribution in [1.82, 2.24) is 9.97 Å². The molecule has 0 N–H and O–H groups in total. The van der Waals surface area contributed by atoms with Crippen LogP contribution in [0.1, 0.15) is 46.6 Å². The molecule has 0 saturated carbocycles. The first-order chi connectivity index (χ1) is 13.5. The summed E-state index contributed by atoms with van der Waals surface area (Å²) in [6, 6.07) is 2.11. The fraction of sp³-hybridized carbons (Fsp3) is 0.450. The van der Waals surface area contributed by atoms with E-state index in [4.69, 9.17) is 14.5 Å². The van der Waals surface area contributed by atoms with Crippen LogP contribution in [0.2, 0.25) is 0 Å². The molecule has 28 heavy (non-hydrogen) atoms. The summed E-state index contributed by atoms with van der Waals surface area (Å²) >= 11 is 3.06. The molecule has 6 nitrogen and oxygen atoms in total. The van der Waals surface area contributed by atoms with Crippen LogP contribution in [0.3, 0.4) is 0 Å². The molecular formula is C20H23N3O3S2. The van der Waals surface area contributed by atoms with Crippen LogP contribution >= 0.6 is 22.7 Å². The smallest absolute Gasteiger partial charge is 0.348 e. The molecule has 0 radical (unpaired) electrons. The van der Waals surface area contributed by atoms with Crippen LogP contribution in [-0.4, -0.2) is 41.7 Å². The Morgan fingerprint density at radius 2 is 2.18 bits per heavy atom. The lowest BCUT2D eigenvalue weighted by Crippen LogP contribution is -2.43. The average molecular weight is 418 g/mol. The van der Waals surface area contributed by atoms with Gasteiger partial charge in [0.05, 0.1) is 18.1 Å². The van der Waals surface area contributed by atoms with Crippen molar-refractivity contribution in [3.05, 3.63) is 38.7 Å². The molecule has 2 atom stereocenters. The largest absolute Gasteiger partial charge is 0.462 e. The Kier molecular flexibility index (Phi) is 5.35. The summed E-state index contributed by atoms with van der Waals surface area (Å²) in [5.74, 6) is 1.28. The second-order valence-corrected chi connectivity index (χ2v) is 8.73. The Labute approximate surface area is 172 Å². The van der Waals surface area contributed by atoms with Crippen LogP contribution in [0, 0.1) is 13.8 Å². The molecule has 1 saturated heterocycles. The van der Waals surface area contributed by atoms with Crippen molar-refractivity contribution in [3.63, 3.8) is 0 Å². The SMILES string of the molecule is CCOC(=O)c1sc2nc(C)nc(N3CC(C)OC(c4ccsc4)C3)c2c1C. The molecule has 1 fully saturated rings. The maximum Gasteiger partial charge on any atom is 0.348 e. The lowest BCUT2D eigenvalue weighted by atomic mass is 10.1. The first-order valence-electron chi connectivity index (χ1n) is 9.35. The van der Waals surface area contributed by atoms with Gasteiger partial charge in [-0.3, -0.25) is 0 Å². The number of anilines is 1. The van der Waals surface area contributed by atoms with Gasteiger partial charge < -0.3 is 14.4 Å². The Balaban J connectivity index is 1.78. The van der Waals surface area contributed by atoms with Crippen molar-refractivity contribution in [1.29, 1.82) is 0 Å². The van der Waals surface area contributed by atoms with Crippen LogP contribution < -0.4 is 4.90 Å². The minimum Gasteiger partial charge on any atom is -0.462 e. The molecular weight excluding hydrogens is 394 g/mol. The standard InChI is InChI=1S/C20H23N3O3S2/c1-5-25-20(24)17-12(3)16-18(21-13(4)22-19(16)28-17)23-8-11(2)26-15(9-23)14-6-7-27-10-14/h6-7,10-11,15H,5,8-9H2,1-4H3. The lowest BCUT2D eigenvalue weighted by Gasteiger charge is -2.37. The highest BCUT2D eigenvalue weighted by molar-refractivity contribution is 7.20. The fourth-order valence-corrected chi connectivity index (χ4v) is 5.42. The molecule has 4 rings (SSSR count). The second kappa shape index (κ2) is 7.77. The number of ether oxygens (including phenoxy) is 2. The van der Waals surface area contributed by atoms with E-state index < -0.39 is 0 Å². The number of hydrogen-bond acceptors (Lipinski definition) is 8. The zero-order valence-corrected chi connectivity index (χ0v) is 18.0. The third-order valence-corrected chi connectivity index (χ3v) is 6.69. The van der Waals surface area contributed by atoms with Gasteiger partial charge in [0.15, 0.2) is 0 Å². The van der Waals surface area contributed by atoms with E-state index in [0.29, 0.717) is 17.3 Å². The molecule has 0 bridgehead atoms. The predicted octanol–water partition coefficient (Wildman–Crippen LogP) is 4.51. The third kappa shape index (κ3) is 3.52. The maximum atomic E-state index is 12.4. The van der Waals surface area contributed by atoms with Crippen molar-refractivity contribution < 1.29 is 14.3 Å². The van der Waals surface area contributed by atoms with E-state index in [1.54, 1.807) is 11.3 Å². The Morgan fingerprint density at radius 3 is 2.89 bits per heavy atom. The van der Waals surface area contributed by atoms with Crippen LogP contribution in [0.4, 0.5) is 5.82 Å². The van der Waals surface area contributed by atoms with E-state index in [1.807, 2.05) is 20.8 Å². The Morgan fingerprint density at radius 1 is 1.36 bits per heavy atom. The number of thiophene rings is 2. The maximum absolute atomic E-state index is 12.4. The van der Waals surface area contributed by atoms with Gasteiger partial charge in [0.25, 0.3) is 0 Å².